The lowest BCUT2D eigenvalue weighted by Gasteiger charge is -2.31. The molecule has 0 aliphatic carbocycles. The average Bonchev–Trinajstić information content (AvgIpc) is 3.29. The molecule has 0 saturated carbocycles. The maximum absolute atomic E-state index is 13.3. The molecule has 170 valence electrons. The zero-order valence-electron chi connectivity index (χ0n) is 18.2. The summed E-state index contributed by atoms with van der Waals surface area (Å²) in [6.45, 7) is 0.500. The van der Waals surface area contributed by atoms with Gasteiger partial charge < -0.3 is 29.0 Å². The summed E-state index contributed by atoms with van der Waals surface area (Å²) in [5.41, 5.74) is 1.22. The van der Waals surface area contributed by atoms with Crippen LogP contribution in [0, 0.1) is 0 Å². The van der Waals surface area contributed by atoms with Crippen molar-refractivity contribution in [2.45, 2.75) is 31.7 Å². The number of anilines is 1. The minimum atomic E-state index is -1.26. The number of rotatable bonds is 5. The Morgan fingerprint density at radius 3 is 2.41 bits per heavy atom. The van der Waals surface area contributed by atoms with Crippen molar-refractivity contribution < 1.29 is 33.6 Å². The fourth-order valence-electron chi connectivity index (χ4n) is 4.21. The van der Waals surface area contributed by atoms with E-state index in [4.69, 9.17) is 18.9 Å². The maximum atomic E-state index is 13.3. The Labute approximate surface area is 186 Å². The van der Waals surface area contributed by atoms with Crippen LogP contribution in [0.15, 0.2) is 36.4 Å². The minimum Gasteiger partial charge on any atom is -0.497 e. The molecule has 9 heteroatoms. The fraction of sp³-hybridized carbons (Fsp3) is 0.391. The van der Waals surface area contributed by atoms with Crippen molar-refractivity contribution in [3.05, 3.63) is 47.5 Å². The molecular formula is C23H26N2O7. The molecule has 4 rings (SSSR count). The van der Waals surface area contributed by atoms with E-state index in [1.807, 2.05) is 0 Å². The standard InChI is InChI=1S/C23H26N2O7/c1-29-15-8-6-14(7-9-15)13-32-23(28)25-18-12-20(31-3)19(30-2)11-16(18)21(26)24-10-4-5-17(24)22(25)27/h6-9,11-12,17,22,27H,4-5,10,13H2,1-3H3/t17-,22-/m0/s1. The molecule has 2 aliphatic heterocycles. The number of benzene rings is 2. The largest absolute Gasteiger partial charge is 0.497 e. The number of aliphatic hydroxyl groups excluding tert-OH is 1. The number of carbonyl (C=O) groups excluding carboxylic acids is 2. The summed E-state index contributed by atoms with van der Waals surface area (Å²) >= 11 is 0. The number of hydrogen-bond acceptors (Lipinski definition) is 7. The van der Waals surface area contributed by atoms with Crippen LogP contribution < -0.4 is 19.1 Å². The maximum Gasteiger partial charge on any atom is 0.416 e. The summed E-state index contributed by atoms with van der Waals surface area (Å²) in [5.74, 6) is 1.12. The van der Waals surface area contributed by atoms with E-state index >= 15 is 0 Å². The molecule has 9 nitrogen and oxygen atoms in total. The molecule has 2 aliphatic rings. The smallest absolute Gasteiger partial charge is 0.416 e. The van der Waals surface area contributed by atoms with Crippen molar-refractivity contribution in [2.75, 3.05) is 32.8 Å². The van der Waals surface area contributed by atoms with Gasteiger partial charge in [0.25, 0.3) is 5.91 Å². The molecule has 2 aromatic carbocycles. The van der Waals surface area contributed by atoms with Crippen LogP contribution in [0.3, 0.4) is 0 Å². The van der Waals surface area contributed by atoms with Gasteiger partial charge in [0, 0.05) is 12.6 Å². The molecule has 2 atom stereocenters. The molecular weight excluding hydrogens is 416 g/mol. The second-order valence-electron chi connectivity index (χ2n) is 7.62. The van der Waals surface area contributed by atoms with E-state index in [0.717, 1.165) is 16.9 Å². The third-order valence-electron chi connectivity index (χ3n) is 5.88. The van der Waals surface area contributed by atoms with Crippen molar-refractivity contribution in [2.24, 2.45) is 0 Å². The van der Waals surface area contributed by atoms with Gasteiger partial charge in [0.05, 0.1) is 38.6 Å². The first-order valence-corrected chi connectivity index (χ1v) is 10.3. The van der Waals surface area contributed by atoms with Crippen LogP contribution in [-0.4, -0.2) is 62.2 Å². The van der Waals surface area contributed by atoms with Gasteiger partial charge in [-0.05, 0) is 36.6 Å². The molecule has 1 N–H and O–H groups in total. The molecule has 1 fully saturated rings. The van der Waals surface area contributed by atoms with Gasteiger partial charge in [0.2, 0.25) is 0 Å². The first-order chi connectivity index (χ1) is 15.5. The summed E-state index contributed by atoms with van der Waals surface area (Å²) in [6.07, 6.45) is -0.699. The van der Waals surface area contributed by atoms with E-state index in [-0.39, 0.29) is 23.8 Å². The highest BCUT2D eigenvalue weighted by Gasteiger charge is 2.45. The van der Waals surface area contributed by atoms with Crippen LogP contribution in [0.4, 0.5) is 10.5 Å². The molecule has 0 spiro atoms. The zero-order chi connectivity index (χ0) is 22.8. The molecule has 2 amide bonds. The number of nitrogens with zero attached hydrogens (tertiary/aromatic N) is 2. The minimum absolute atomic E-state index is 0.00298. The lowest BCUT2D eigenvalue weighted by molar-refractivity contribution is 0.0485. The van der Waals surface area contributed by atoms with E-state index in [1.54, 1.807) is 36.3 Å². The average molecular weight is 442 g/mol. The third kappa shape index (κ3) is 3.80. The number of aliphatic hydroxyl groups is 1. The van der Waals surface area contributed by atoms with Crippen LogP contribution in [0.25, 0.3) is 0 Å². The first kappa shape index (κ1) is 21.8. The van der Waals surface area contributed by atoms with Crippen LogP contribution in [0.2, 0.25) is 0 Å². The predicted octanol–water partition coefficient (Wildman–Crippen LogP) is 2.79. The molecule has 0 bridgehead atoms. The quantitative estimate of drug-likeness (QED) is 0.760. The van der Waals surface area contributed by atoms with Gasteiger partial charge in [0.15, 0.2) is 17.7 Å². The first-order valence-electron chi connectivity index (χ1n) is 10.3. The molecule has 1 saturated heterocycles. The monoisotopic (exact) mass is 442 g/mol. The van der Waals surface area contributed by atoms with Crippen LogP contribution >= 0.6 is 0 Å². The second-order valence-corrected chi connectivity index (χ2v) is 7.62. The number of methoxy groups -OCH3 is 3. The molecule has 2 aromatic rings. The van der Waals surface area contributed by atoms with Gasteiger partial charge >= 0.3 is 6.09 Å². The van der Waals surface area contributed by atoms with E-state index in [9.17, 15) is 14.7 Å². The number of amides is 2. The summed E-state index contributed by atoms with van der Waals surface area (Å²) in [6, 6.07) is 9.64. The van der Waals surface area contributed by atoms with E-state index in [0.29, 0.717) is 30.2 Å². The SMILES string of the molecule is COc1ccc(COC(=O)N2c3cc(OC)c(OC)cc3C(=O)N3CCC[C@H]3[C@@H]2O)cc1. The summed E-state index contributed by atoms with van der Waals surface area (Å²) < 4.78 is 21.4. The Hall–Kier alpha value is -3.46. The van der Waals surface area contributed by atoms with Gasteiger partial charge in [-0.3, -0.25) is 4.79 Å². The Bertz CT molecular complexity index is 1010. The Morgan fingerprint density at radius 2 is 1.75 bits per heavy atom. The Morgan fingerprint density at radius 1 is 1.06 bits per heavy atom. The normalized spacial score (nSPS) is 19.7. The van der Waals surface area contributed by atoms with Crippen LogP contribution in [0.5, 0.6) is 17.2 Å². The fourth-order valence-corrected chi connectivity index (χ4v) is 4.21. The van der Waals surface area contributed by atoms with Crippen molar-refractivity contribution in [1.29, 1.82) is 0 Å². The number of fused-ring (bicyclic) bond motifs is 2. The molecule has 2 heterocycles. The van der Waals surface area contributed by atoms with Gasteiger partial charge in [-0.15, -0.1) is 0 Å². The highest BCUT2D eigenvalue weighted by Crippen LogP contribution is 2.41. The molecule has 0 unspecified atom stereocenters. The predicted molar refractivity (Wildman–Crippen MR) is 115 cm³/mol. The second kappa shape index (κ2) is 8.96. The Balaban J connectivity index is 1.69. The summed E-state index contributed by atoms with van der Waals surface area (Å²) in [7, 11) is 4.51. The van der Waals surface area contributed by atoms with Crippen molar-refractivity contribution in [3.63, 3.8) is 0 Å². The lowest BCUT2D eigenvalue weighted by Crippen LogP contribution is -2.50. The number of carbonyl (C=O) groups is 2. The third-order valence-corrected chi connectivity index (χ3v) is 5.88. The summed E-state index contributed by atoms with van der Waals surface area (Å²) in [4.78, 5) is 29.2. The molecule has 0 radical (unpaired) electrons. The van der Waals surface area contributed by atoms with Gasteiger partial charge in [-0.1, -0.05) is 12.1 Å². The number of ether oxygens (including phenoxy) is 4. The molecule has 0 aromatic heterocycles. The summed E-state index contributed by atoms with van der Waals surface area (Å²) in [5, 5.41) is 11.2. The van der Waals surface area contributed by atoms with E-state index in [2.05, 4.69) is 0 Å². The number of hydrogen-bond donors (Lipinski definition) is 1. The Kier molecular flexibility index (Phi) is 6.09. The topological polar surface area (TPSA) is 97.8 Å². The highest BCUT2D eigenvalue weighted by molar-refractivity contribution is 6.06. The van der Waals surface area contributed by atoms with Crippen LogP contribution in [-0.2, 0) is 11.3 Å². The van der Waals surface area contributed by atoms with Gasteiger partial charge in [-0.2, -0.15) is 0 Å². The molecule has 32 heavy (non-hydrogen) atoms. The van der Waals surface area contributed by atoms with Crippen LogP contribution in [0.1, 0.15) is 28.8 Å². The zero-order valence-corrected chi connectivity index (χ0v) is 18.2. The van der Waals surface area contributed by atoms with Crippen molar-refractivity contribution >= 4 is 17.7 Å². The highest BCUT2D eigenvalue weighted by atomic mass is 16.6. The van der Waals surface area contributed by atoms with Gasteiger partial charge in [-0.25, -0.2) is 9.69 Å². The lowest BCUT2D eigenvalue weighted by atomic mass is 10.1. The van der Waals surface area contributed by atoms with Crippen molar-refractivity contribution in [1.82, 2.24) is 4.90 Å². The van der Waals surface area contributed by atoms with E-state index < -0.39 is 18.4 Å². The van der Waals surface area contributed by atoms with Crippen molar-refractivity contribution in [3.8, 4) is 17.2 Å². The van der Waals surface area contributed by atoms with Gasteiger partial charge in [0.1, 0.15) is 12.4 Å². The van der Waals surface area contributed by atoms with E-state index in [1.165, 1.54) is 26.4 Å².